The Bertz CT molecular complexity index is 136. The van der Waals surface area contributed by atoms with Crippen LogP contribution in [0.4, 0.5) is 0 Å². The van der Waals surface area contributed by atoms with Gasteiger partial charge in [-0.25, -0.2) is 4.79 Å². The average Bonchev–Trinajstić information content (AvgIpc) is 2.04. The molecule has 0 saturated heterocycles. The third-order valence-electron chi connectivity index (χ3n) is 1.23. The van der Waals surface area contributed by atoms with Crippen LogP contribution in [0.5, 0.6) is 0 Å². The van der Waals surface area contributed by atoms with Gasteiger partial charge in [-0.1, -0.05) is 0 Å². The molecule has 0 atom stereocenters. The van der Waals surface area contributed by atoms with Crippen LogP contribution in [0.25, 0.3) is 0 Å². The van der Waals surface area contributed by atoms with Crippen molar-refractivity contribution in [1.29, 1.82) is 0 Å². The summed E-state index contributed by atoms with van der Waals surface area (Å²) in [6.07, 6.45) is 0.660. The van der Waals surface area contributed by atoms with Crippen LogP contribution in [0.3, 0.4) is 0 Å². The second kappa shape index (κ2) is 7.48. The van der Waals surface area contributed by atoms with Crippen LogP contribution in [-0.4, -0.2) is 32.9 Å². The molecule has 0 aliphatic carbocycles. The van der Waals surface area contributed by atoms with Crippen molar-refractivity contribution in [3.05, 3.63) is 5.57 Å². The van der Waals surface area contributed by atoms with Crippen molar-refractivity contribution >= 4 is 5.94 Å². The molecule has 0 aromatic heterocycles. The molecule has 0 aromatic rings. The molecule has 0 aromatic carbocycles. The first-order valence-corrected chi connectivity index (χ1v) is 3.58. The van der Waals surface area contributed by atoms with Gasteiger partial charge in [0.2, 0.25) is 0 Å². The minimum atomic E-state index is 0.574. The van der Waals surface area contributed by atoms with E-state index in [1.807, 2.05) is 5.94 Å². The molecule has 64 valence electrons. The van der Waals surface area contributed by atoms with Gasteiger partial charge >= 0.3 is 0 Å². The molecule has 0 fully saturated rings. The van der Waals surface area contributed by atoms with Crippen molar-refractivity contribution < 1.29 is 14.3 Å². The zero-order valence-corrected chi connectivity index (χ0v) is 7.05. The van der Waals surface area contributed by atoms with Crippen LogP contribution in [0, 0.1) is 0 Å². The first kappa shape index (κ1) is 10.4. The maximum absolute atomic E-state index is 9.98. The smallest absolute Gasteiger partial charge is 0.123 e. The lowest BCUT2D eigenvalue weighted by molar-refractivity contribution is 0.0723. The topological polar surface area (TPSA) is 35.5 Å². The Morgan fingerprint density at radius 1 is 1.36 bits per heavy atom. The van der Waals surface area contributed by atoms with Gasteiger partial charge in [0.05, 0.1) is 19.8 Å². The second-order valence-electron chi connectivity index (χ2n) is 2.24. The Labute approximate surface area is 67.0 Å². The normalized spacial score (nSPS) is 9.27. The fraction of sp³-hybridized carbons (Fsp3) is 0.750. The molecule has 0 unspecified atom stereocenters. The maximum Gasteiger partial charge on any atom is 0.123 e. The second-order valence-corrected chi connectivity index (χ2v) is 2.24. The van der Waals surface area contributed by atoms with Crippen LogP contribution in [0.2, 0.25) is 0 Å². The molecule has 11 heavy (non-hydrogen) atoms. The predicted molar refractivity (Wildman–Crippen MR) is 42.2 cm³/mol. The highest BCUT2D eigenvalue weighted by atomic mass is 16.5. The van der Waals surface area contributed by atoms with Gasteiger partial charge in [0.15, 0.2) is 0 Å². The fourth-order valence-electron chi connectivity index (χ4n) is 0.521. The molecule has 0 spiro atoms. The molecule has 0 rings (SSSR count). The van der Waals surface area contributed by atoms with Gasteiger partial charge in [0.25, 0.3) is 0 Å². The molecular weight excluding hydrogens is 144 g/mol. The van der Waals surface area contributed by atoms with E-state index in [4.69, 9.17) is 9.47 Å². The van der Waals surface area contributed by atoms with E-state index in [2.05, 4.69) is 0 Å². The Balaban J connectivity index is 3.08. The highest BCUT2D eigenvalue weighted by Crippen LogP contribution is 1.93. The molecule has 0 radical (unpaired) electrons. The van der Waals surface area contributed by atoms with Crippen molar-refractivity contribution in [2.24, 2.45) is 0 Å². The molecule has 0 aliphatic heterocycles. The first-order valence-electron chi connectivity index (χ1n) is 3.58. The zero-order chi connectivity index (χ0) is 8.53. The van der Waals surface area contributed by atoms with Gasteiger partial charge in [-0.15, -0.1) is 0 Å². The van der Waals surface area contributed by atoms with Crippen molar-refractivity contribution in [3.8, 4) is 0 Å². The van der Waals surface area contributed by atoms with Gasteiger partial charge in [-0.3, -0.25) is 0 Å². The molecule has 3 heteroatoms. The monoisotopic (exact) mass is 158 g/mol. The minimum Gasteiger partial charge on any atom is -0.382 e. The molecule has 0 bridgehead atoms. The Morgan fingerprint density at radius 2 is 2.09 bits per heavy atom. The largest absolute Gasteiger partial charge is 0.382 e. The van der Waals surface area contributed by atoms with E-state index in [9.17, 15) is 4.79 Å². The van der Waals surface area contributed by atoms with E-state index in [0.717, 1.165) is 0 Å². The van der Waals surface area contributed by atoms with E-state index >= 15 is 0 Å². The maximum atomic E-state index is 9.98. The van der Waals surface area contributed by atoms with Gasteiger partial charge in [0.1, 0.15) is 5.94 Å². The summed E-state index contributed by atoms with van der Waals surface area (Å²) in [6, 6.07) is 0. The van der Waals surface area contributed by atoms with E-state index in [0.29, 0.717) is 31.8 Å². The fourth-order valence-corrected chi connectivity index (χ4v) is 0.521. The highest BCUT2D eigenvalue weighted by molar-refractivity contribution is 5.50. The standard InChI is InChI=1S/C8H14O3/c1-8(7-9)3-4-11-6-5-10-2/h3-6H2,1-2H3. The van der Waals surface area contributed by atoms with E-state index < -0.39 is 0 Å². The Kier molecular flexibility index (Phi) is 7.05. The number of carbonyl (C=O) groups excluding carboxylic acids is 1. The molecule has 0 saturated carbocycles. The average molecular weight is 158 g/mol. The summed E-state index contributed by atoms with van der Waals surface area (Å²) >= 11 is 0. The molecule has 0 N–H and O–H groups in total. The molecule has 0 amide bonds. The number of rotatable bonds is 6. The van der Waals surface area contributed by atoms with Gasteiger partial charge in [0, 0.05) is 19.1 Å². The SMILES string of the molecule is COCCOCCC(C)=C=O. The molecular formula is C8H14O3. The van der Waals surface area contributed by atoms with Crippen molar-refractivity contribution in [3.63, 3.8) is 0 Å². The van der Waals surface area contributed by atoms with Crippen LogP contribution < -0.4 is 0 Å². The van der Waals surface area contributed by atoms with Gasteiger partial charge < -0.3 is 9.47 Å². The number of ether oxygens (including phenoxy) is 2. The van der Waals surface area contributed by atoms with Crippen molar-refractivity contribution in [1.82, 2.24) is 0 Å². The predicted octanol–water partition coefficient (Wildman–Crippen LogP) is 0.817. The lowest BCUT2D eigenvalue weighted by Crippen LogP contribution is -2.03. The van der Waals surface area contributed by atoms with E-state index in [-0.39, 0.29) is 0 Å². The molecule has 0 heterocycles. The van der Waals surface area contributed by atoms with Crippen molar-refractivity contribution in [2.45, 2.75) is 13.3 Å². The number of hydrogen-bond donors (Lipinski definition) is 0. The highest BCUT2D eigenvalue weighted by Gasteiger charge is 1.90. The minimum absolute atomic E-state index is 0.574. The zero-order valence-electron chi connectivity index (χ0n) is 7.05. The third kappa shape index (κ3) is 7.26. The van der Waals surface area contributed by atoms with Crippen LogP contribution in [0.15, 0.2) is 5.57 Å². The molecule has 0 aliphatic rings. The van der Waals surface area contributed by atoms with Crippen LogP contribution in [0.1, 0.15) is 13.3 Å². The summed E-state index contributed by atoms with van der Waals surface area (Å²) in [4.78, 5) is 9.98. The lowest BCUT2D eigenvalue weighted by Gasteiger charge is -2.00. The first-order chi connectivity index (χ1) is 5.31. The van der Waals surface area contributed by atoms with Crippen LogP contribution >= 0.6 is 0 Å². The summed E-state index contributed by atoms with van der Waals surface area (Å²) in [5, 5.41) is 0. The quantitative estimate of drug-likeness (QED) is 0.424. The Hall–Kier alpha value is -0.630. The van der Waals surface area contributed by atoms with E-state index in [1.54, 1.807) is 14.0 Å². The summed E-state index contributed by atoms with van der Waals surface area (Å²) in [5.74, 6) is 1.81. The van der Waals surface area contributed by atoms with Crippen molar-refractivity contribution in [2.75, 3.05) is 26.9 Å². The number of hydrogen-bond acceptors (Lipinski definition) is 3. The summed E-state index contributed by atoms with van der Waals surface area (Å²) in [6.45, 7) is 3.50. The lowest BCUT2D eigenvalue weighted by atomic mass is 10.3. The Morgan fingerprint density at radius 3 is 2.64 bits per heavy atom. The van der Waals surface area contributed by atoms with Gasteiger partial charge in [-0.2, -0.15) is 0 Å². The number of methoxy groups -OCH3 is 1. The molecule has 3 nitrogen and oxygen atoms in total. The summed E-state index contributed by atoms with van der Waals surface area (Å²) in [5.41, 5.74) is 0.697. The third-order valence-corrected chi connectivity index (χ3v) is 1.23. The van der Waals surface area contributed by atoms with Gasteiger partial charge in [-0.05, 0) is 6.92 Å². The summed E-state index contributed by atoms with van der Waals surface area (Å²) < 4.78 is 9.89. The van der Waals surface area contributed by atoms with E-state index in [1.165, 1.54) is 0 Å². The van der Waals surface area contributed by atoms with Crippen LogP contribution in [-0.2, 0) is 14.3 Å². The summed E-state index contributed by atoms with van der Waals surface area (Å²) in [7, 11) is 1.62.